The van der Waals surface area contributed by atoms with Gasteiger partial charge in [0.2, 0.25) is 5.91 Å². The van der Waals surface area contributed by atoms with Crippen LogP contribution in [-0.2, 0) is 9.53 Å². The Labute approximate surface area is 212 Å². The van der Waals surface area contributed by atoms with Crippen LogP contribution < -0.4 is 15.5 Å². The van der Waals surface area contributed by atoms with Gasteiger partial charge in [-0.1, -0.05) is 0 Å². The van der Waals surface area contributed by atoms with Gasteiger partial charge in [0, 0.05) is 56.2 Å². The molecule has 9 nitrogen and oxygen atoms in total. The largest absolute Gasteiger partial charge is 0.377 e. The van der Waals surface area contributed by atoms with Crippen molar-refractivity contribution in [3.8, 4) is 0 Å². The Bertz CT molecular complexity index is 1130. The van der Waals surface area contributed by atoms with E-state index in [1.807, 2.05) is 6.07 Å². The van der Waals surface area contributed by atoms with E-state index < -0.39 is 0 Å². The molecular weight excluding hydrogens is 456 g/mol. The van der Waals surface area contributed by atoms with Crippen molar-refractivity contribution in [1.29, 1.82) is 0 Å². The van der Waals surface area contributed by atoms with Gasteiger partial charge < -0.3 is 19.5 Å². The number of fused-ring (bicyclic) bond motifs is 2. The smallest absolute Gasteiger partial charge is 0.328 e. The van der Waals surface area contributed by atoms with Gasteiger partial charge in [0.15, 0.2) is 0 Å². The summed E-state index contributed by atoms with van der Waals surface area (Å²) >= 11 is 0. The number of nitrogens with one attached hydrogen (secondary N) is 2. The zero-order valence-electron chi connectivity index (χ0n) is 21.5. The number of likely N-dealkylation sites (tertiary alicyclic amines) is 1. The molecule has 5 fully saturated rings. The first-order valence-corrected chi connectivity index (χ1v) is 13.5. The van der Waals surface area contributed by atoms with Gasteiger partial charge >= 0.3 is 6.03 Å². The molecule has 2 N–H and O–H groups in total. The van der Waals surface area contributed by atoms with Crippen LogP contribution in [0.1, 0.15) is 50.1 Å². The molecule has 0 bridgehead atoms. The number of amides is 3. The molecule has 7 rings (SSSR count). The molecule has 36 heavy (non-hydrogen) atoms. The molecule has 0 aromatic carbocycles. The Morgan fingerprint density at radius 3 is 2.69 bits per heavy atom. The van der Waals surface area contributed by atoms with E-state index in [4.69, 9.17) is 9.72 Å². The maximum atomic E-state index is 12.1. The van der Waals surface area contributed by atoms with Gasteiger partial charge in [-0.2, -0.15) is 0 Å². The SMILES string of the molecule is C1CC2CNC[C@@H]2O1.Cc1cn(C2CC3(CCN(C)CC3)C2)c2ncc(N3CCC(=O)NC3=O)cc12. The fraction of sp³-hybridized carbons (Fsp3) is 0.667. The van der Waals surface area contributed by atoms with Crippen molar-refractivity contribution in [3.05, 3.63) is 24.0 Å². The maximum absolute atomic E-state index is 12.1. The van der Waals surface area contributed by atoms with Gasteiger partial charge in [0.1, 0.15) is 5.65 Å². The van der Waals surface area contributed by atoms with E-state index in [0.717, 1.165) is 35.8 Å². The van der Waals surface area contributed by atoms with Crippen LogP contribution in [0, 0.1) is 18.3 Å². The Kier molecular flexibility index (Phi) is 6.25. The van der Waals surface area contributed by atoms with Gasteiger partial charge in [-0.25, -0.2) is 9.78 Å². The summed E-state index contributed by atoms with van der Waals surface area (Å²) in [6.45, 7) is 8.19. The van der Waals surface area contributed by atoms with Crippen LogP contribution in [-0.4, -0.2) is 78.9 Å². The molecular formula is C27H38N6O3. The Morgan fingerprint density at radius 1 is 1.14 bits per heavy atom. The average Bonchev–Trinajstić information content (AvgIpc) is 3.55. The van der Waals surface area contributed by atoms with Crippen LogP contribution in [0.4, 0.5) is 10.5 Å². The van der Waals surface area contributed by atoms with Crippen LogP contribution >= 0.6 is 0 Å². The minimum absolute atomic E-state index is 0.217. The highest BCUT2D eigenvalue weighted by molar-refractivity contribution is 6.06. The molecule has 6 heterocycles. The van der Waals surface area contributed by atoms with Crippen molar-refractivity contribution in [3.63, 3.8) is 0 Å². The average molecular weight is 495 g/mol. The number of hydrogen-bond donors (Lipinski definition) is 2. The van der Waals surface area contributed by atoms with Crippen LogP contribution in [0.5, 0.6) is 0 Å². The first-order chi connectivity index (χ1) is 17.4. The standard InChI is InChI=1S/C21H27N5O2.C6H11NO/c1-14-13-26(16-10-21(11-16)4-7-24(2)8-5-21)19-17(14)9-15(12-22-19)25-6-3-18(27)23-20(25)28;1-2-8-6-4-7-3-5(1)6/h9,12-13,16H,3-8,10-11H2,1-2H3,(H,23,27,28);5-7H,1-4H2/t;5?,6-/m.0/s1. The first kappa shape index (κ1) is 23.9. The zero-order chi connectivity index (χ0) is 24.9. The number of hydrogen-bond acceptors (Lipinski definition) is 6. The molecule has 2 atom stereocenters. The highest BCUT2D eigenvalue weighted by Crippen LogP contribution is 2.55. The minimum Gasteiger partial charge on any atom is -0.377 e. The van der Waals surface area contributed by atoms with Gasteiger partial charge in [0.05, 0.1) is 18.0 Å². The van der Waals surface area contributed by atoms with Gasteiger partial charge in [0.25, 0.3) is 0 Å². The Hall–Kier alpha value is -2.49. The number of carbonyl (C=O) groups excluding carboxylic acids is 2. The summed E-state index contributed by atoms with van der Waals surface area (Å²) in [6.07, 6.45) is 11.2. The van der Waals surface area contributed by atoms with Crippen molar-refractivity contribution in [1.82, 2.24) is 25.1 Å². The van der Waals surface area contributed by atoms with E-state index in [1.54, 1.807) is 11.1 Å². The molecule has 4 aliphatic heterocycles. The van der Waals surface area contributed by atoms with Crippen molar-refractivity contribution in [2.75, 3.05) is 51.3 Å². The van der Waals surface area contributed by atoms with E-state index in [9.17, 15) is 9.59 Å². The second-order valence-corrected chi connectivity index (χ2v) is 11.5. The van der Waals surface area contributed by atoms with Crippen LogP contribution in [0.25, 0.3) is 11.0 Å². The molecule has 3 amide bonds. The minimum atomic E-state index is -0.363. The normalized spacial score (nSPS) is 28.1. The summed E-state index contributed by atoms with van der Waals surface area (Å²) in [5.74, 6) is 0.625. The third kappa shape index (κ3) is 4.41. The fourth-order valence-corrected chi connectivity index (χ4v) is 6.72. The monoisotopic (exact) mass is 494 g/mol. The zero-order valence-corrected chi connectivity index (χ0v) is 21.5. The van der Waals surface area contributed by atoms with Crippen LogP contribution in [0.2, 0.25) is 0 Å². The molecule has 4 saturated heterocycles. The van der Waals surface area contributed by atoms with E-state index >= 15 is 0 Å². The number of carbonyl (C=O) groups is 2. The number of anilines is 1. The predicted molar refractivity (Wildman–Crippen MR) is 138 cm³/mol. The van der Waals surface area contributed by atoms with E-state index in [2.05, 4.69) is 40.3 Å². The van der Waals surface area contributed by atoms with Crippen molar-refractivity contribution in [2.45, 2.75) is 57.6 Å². The second-order valence-electron chi connectivity index (χ2n) is 11.5. The summed E-state index contributed by atoms with van der Waals surface area (Å²) in [5.41, 5.74) is 3.46. The number of rotatable bonds is 2. The quantitative estimate of drug-likeness (QED) is 0.667. The summed E-state index contributed by atoms with van der Waals surface area (Å²) in [4.78, 5) is 32.3. The lowest BCUT2D eigenvalue weighted by molar-refractivity contribution is -0.120. The number of aryl methyl sites for hydroxylation is 1. The Balaban J connectivity index is 0.000000253. The molecule has 9 heteroatoms. The van der Waals surface area contributed by atoms with E-state index in [-0.39, 0.29) is 11.9 Å². The summed E-state index contributed by atoms with van der Waals surface area (Å²) in [5, 5.41) is 6.77. The van der Waals surface area contributed by atoms with Crippen molar-refractivity contribution in [2.24, 2.45) is 11.3 Å². The topological polar surface area (TPSA) is 91.7 Å². The van der Waals surface area contributed by atoms with Crippen molar-refractivity contribution < 1.29 is 14.3 Å². The molecule has 194 valence electrons. The molecule has 1 spiro atoms. The summed E-state index contributed by atoms with van der Waals surface area (Å²) in [7, 11) is 2.21. The number of nitrogens with zero attached hydrogens (tertiary/aromatic N) is 4. The van der Waals surface area contributed by atoms with Gasteiger partial charge in [-0.05, 0) is 76.2 Å². The number of imide groups is 1. The lowest BCUT2D eigenvalue weighted by Gasteiger charge is -2.52. The summed E-state index contributed by atoms with van der Waals surface area (Å²) < 4.78 is 7.76. The third-order valence-electron chi connectivity index (χ3n) is 9.10. The number of piperidine rings is 1. The number of urea groups is 1. The van der Waals surface area contributed by atoms with Gasteiger partial charge in [-0.15, -0.1) is 0 Å². The fourth-order valence-electron chi connectivity index (χ4n) is 6.72. The first-order valence-electron chi connectivity index (χ1n) is 13.5. The van der Waals surface area contributed by atoms with E-state index in [0.29, 0.717) is 30.5 Å². The lowest BCUT2D eigenvalue weighted by atomic mass is 9.60. The molecule has 1 unspecified atom stereocenters. The second kappa shape index (κ2) is 9.43. The van der Waals surface area contributed by atoms with Crippen LogP contribution in [0.3, 0.4) is 0 Å². The maximum Gasteiger partial charge on any atom is 0.328 e. The van der Waals surface area contributed by atoms with Crippen LogP contribution in [0.15, 0.2) is 18.5 Å². The third-order valence-corrected chi connectivity index (χ3v) is 9.10. The molecule has 5 aliphatic rings. The van der Waals surface area contributed by atoms with E-state index in [1.165, 1.54) is 57.3 Å². The Morgan fingerprint density at radius 2 is 1.94 bits per heavy atom. The summed E-state index contributed by atoms with van der Waals surface area (Å²) in [6, 6.07) is 2.19. The molecule has 0 radical (unpaired) electrons. The number of pyridine rings is 1. The number of ether oxygens (including phenoxy) is 1. The number of aromatic nitrogens is 2. The molecule has 2 aromatic rings. The van der Waals surface area contributed by atoms with Crippen molar-refractivity contribution >= 4 is 28.7 Å². The predicted octanol–water partition coefficient (Wildman–Crippen LogP) is 2.83. The highest BCUT2D eigenvalue weighted by atomic mass is 16.5. The lowest BCUT2D eigenvalue weighted by Crippen LogP contribution is -2.49. The molecule has 1 saturated carbocycles. The molecule has 2 aromatic heterocycles. The van der Waals surface area contributed by atoms with Gasteiger partial charge in [-0.3, -0.25) is 15.0 Å². The highest BCUT2D eigenvalue weighted by Gasteiger charge is 2.46. The molecule has 1 aliphatic carbocycles.